The van der Waals surface area contributed by atoms with Crippen LogP contribution >= 0.6 is 0 Å². The van der Waals surface area contributed by atoms with Crippen LogP contribution in [-0.2, 0) is 4.74 Å². The van der Waals surface area contributed by atoms with Crippen LogP contribution in [0.4, 0.5) is 0 Å². The summed E-state index contributed by atoms with van der Waals surface area (Å²) in [6.07, 6.45) is 0. The van der Waals surface area contributed by atoms with Gasteiger partial charge < -0.3 is 7.59 Å². The molecule has 1 saturated heterocycles. The van der Waals surface area contributed by atoms with Gasteiger partial charge in [0.2, 0.25) is 0 Å². The summed E-state index contributed by atoms with van der Waals surface area (Å²) in [7, 11) is 0. The second-order valence-corrected chi connectivity index (χ2v) is 0.612. The topological polar surface area (TPSA) is 12.5 Å². The Labute approximate surface area is 79.0 Å². The smallest absolute Gasteiger partial charge is 1.00 e. The zero-order valence-electron chi connectivity index (χ0n) is 5.82. The van der Waals surface area contributed by atoms with Crippen LogP contribution in [0, 0.1) is 0 Å². The molecule has 3 heteroatoms. The Morgan fingerprint density at radius 2 is 1.40 bits per heavy atom. The van der Waals surface area contributed by atoms with Gasteiger partial charge in [0.1, 0.15) is 0 Å². The zero-order chi connectivity index (χ0) is 2.12. The fourth-order valence-corrected chi connectivity index (χ4v) is 0. The molecule has 1 aliphatic rings. The van der Waals surface area contributed by atoms with Crippen LogP contribution < -0.4 is 59.1 Å². The maximum atomic E-state index is 4.50. The predicted octanol–water partition coefficient (Wildman–Crippen LogP) is -5.75. The summed E-state index contributed by atoms with van der Waals surface area (Å²) in [6.45, 7) is 2.00. The minimum atomic E-state index is 0. The summed E-state index contributed by atoms with van der Waals surface area (Å²) < 4.78 is 4.50. The molecule has 22 valence electrons. The molecule has 0 atom stereocenters. The number of hydrogen-bond donors (Lipinski definition) is 0. The van der Waals surface area contributed by atoms with E-state index in [2.05, 4.69) is 4.74 Å². The first-order valence-electron chi connectivity index (χ1n) is 1.08. The predicted molar refractivity (Wildman–Crippen MR) is 13.0 cm³/mol. The summed E-state index contributed by atoms with van der Waals surface area (Å²) in [6, 6.07) is 0. The number of epoxide rings is 1. The summed E-state index contributed by atoms with van der Waals surface area (Å²) in [5, 5.41) is 0. The molecule has 1 aliphatic heterocycles. The van der Waals surface area contributed by atoms with Crippen molar-refractivity contribution in [2.45, 2.75) is 0 Å². The van der Waals surface area contributed by atoms with Crippen LogP contribution in [0.15, 0.2) is 0 Å². The Kier molecular flexibility index (Phi) is 12.0. The third-order valence-corrected chi connectivity index (χ3v) is 0.204. The Balaban J connectivity index is -0.0000000112. The molecule has 1 heterocycles. The van der Waals surface area contributed by atoms with E-state index in [9.17, 15) is 0 Å². The minimum Gasteiger partial charge on any atom is -1.00 e. The van der Waals surface area contributed by atoms with Gasteiger partial charge in [0.05, 0.1) is 13.2 Å². The van der Waals surface area contributed by atoms with Crippen molar-refractivity contribution < 1.29 is 66.7 Å². The largest absolute Gasteiger partial charge is 1.00 e. The summed E-state index contributed by atoms with van der Waals surface area (Å²) in [4.78, 5) is 0. The van der Waals surface area contributed by atoms with Gasteiger partial charge in [-0.15, -0.1) is 0 Å². The third kappa shape index (κ3) is 10.7. The van der Waals surface area contributed by atoms with Gasteiger partial charge in [-0.05, 0) is 0 Å². The van der Waals surface area contributed by atoms with Crippen molar-refractivity contribution in [3.05, 3.63) is 0 Å². The van der Waals surface area contributed by atoms with E-state index in [1.54, 1.807) is 0 Å². The van der Waals surface area contributed by atoms with Gasteiger partial charge in [-0.25, -0.2) is 0 Å². The van der Waals surface area contributed by atoms with Gasteiger partial charge in [-0.1, -0.05) is 0 Å². The summed E-state index contributed by atoms with van der Waals surface area (Å²) in [5.74, 6) is 0. The minimum absolute atomic E-state index is 0. The van der Waals surface area contributed by atoms with E-state index in [1.807, 2.05) is 0 Å². The molecule has 0 N–H and O–H groups in total. The SMILES string of the molecule is C1CO1.[H-].[H-].[Na+].[Na+]. The molecule has 0 amide bonds. The summed E-state index contributed by atoms with van der Waals surface area (Å²) in [5.41, 5.74) is 0. The second kappa shape index (κ2) is 5.96. The Morgan fingerprint density at radius 1 is 1.20 bits per heavy atom. The molecule has 1 fully saturated rings. The molecule has 0 aliphatic carbocycles. The first-order chi connectivity index (χ1) is 1.50. The molecule has 0 aromatic rings. The molecular weight excluding hydrogens is 86.0 g/mol. The second-order valence-electron chi connectivity index (χ2n) is 0.612. The molecule has 0 bridgehead atoms. The van der Waals surface area contributed by atoms with Gasteiger partial charge in [0.15, 0.2) is 0 Å². The van der Waals surface area contributed by atoms with Crippen LogP contribution in [0.1, 0.15) is 2.85 Å². The van der Waals surface area contributed by atoms with Gasteiger partial charge in [0.25, 0.3) is 0 Å². The maximum Gasteiger partial charge on any atom is 1.00 e. The van der Waals surface area contributed by atoms with E-state index in [1.165, 1.54) is 0 Å². The molecule has 1 nitrogen and oxygen atoms in total. The van der Waals surface area contributed by atoms with Crippen LogP contribution in [0.2, 0.25) is 0 Å². The molecule has 1 rings (SSSR count). The molecule has 0 unspecified atom stereocenters. The Morgan fingerprint density at radius 3 is 1.40 bits per heavy atom. The van der Waals surface area contributed by atoms with Crippen LogP contribution in [0.3, 0.4) is 0 Å². The van der Waals surface area contributed by atoms with Gasteiger partial charge in [-0.2, -0.15) is 0 Å². The van der Waals surface area contributed by atoms with Crippen LogP contribution in [-0.4, -0.2) is 13.2 Å². The molecule has 0 aromatic carbocycles. The molecule has 0 radical (unpaired) electrons. The molecular formula is C2H6Na2O. The van der Waals surface area contributed by atoms with Crippen molar-refractivity contribution in [1.82, 2.24) is 0 Å². The number of hydrogen-bond acceptors (Lipinski definition) is 1. The van der Waals surface area contributed by atoms with Crippen molar-refractivity contribution in [1.29, 1.82) is 0 Å². The van der Waals surface area contributed by atoms with E-state index in [-0.39, 0.29) is 62.0 Å². The summed E-state index contributed by atoms with van der Waals surface area (Å²) >= 11 is 0. The monoisotopic (exact) mass is 92.0 g/mol. The zero-order valence-corrected chi connectivity index (χ0v) is 7.82. The average Bonchev–Trinajstić information content (AvgIpc) is 1.46. The maximum absolute atomic E-state index is 4.50. The molecule has 0 spiro atoms. The third-order valence-electron chi connectivity index (χ3n) is 0.204. The van der Waals surface area contributed by atoms with E-state index < -0.39 is 0 Å². The van der Waals surface area contributed by atoms with Gasteiger partial charge in [0, 0.05) is 0 Å². The Bertz CT molecular complexity index is 18.4. The van der Waals surface area contributed by atoms with E-state index >= 15 is 0 Å². The normalized spacial score (nSPS) is 14.4. The Hall–Kier alpha value is 1.96. The molecule has 0 saturated carbocycles. The standard InChI is InChI=1S/C2H4O.2Na.2H/c1-2-3-1;;;;/h1-2H2;;;;/q;2*+1;2*-1. The van der Waals surface area contributed by atoms with Crippen molar-refractivity contribution in [3.8, 4) is 0 Å². The van der Waals surface area contributed by atoms with E-state index in [0.717, 1.165) is 13.2 Å². The number of ether oxygens (including phenoxy) is 1. The van der Waals surface area contributed by atoms with Crippen molar-refractivity contribution in [3.63, 3.8) is 0 Å². The van der Waals surface area contributed by atoms with Gasteiger partial charge >= 0.3 is 59.1 Å². The van der Waals surface area contributed by atoms with Crippen molar-refractivity contribution in [2.24, 2.45) is 0 Å². The van der Waals surface area contributed by atoms with Gasteiger partial charge in [-0.3, -0.25) is 0 Å². The fraction of sp³-hybridized carbons (Fsp3) is 1.00. The number of rotatable bonds is 0. The first kappa shape index (κ1) is 10.0. The van der Waals surface area contributed by atoms with Crippen molar-refractivity contribution in [2.75, 3.05) is 13.2 Å². The van der Waals surface area contributed by atoms with Crippen LogP contribution in [0.5, 0.6) is 0 Å². The molecule has 0 aromatic heterocycles. The van der Waals surface area contributed by atoms with Crippen molar-refractivity contribution >= 4 is 0 Å². The average molecular weight is 92.0 g/mol. The quantitative estimate of drug-likeness (QED) is 0.214. The van der Waals surface area contributed by atoms with Crippen LogP contribution in [0.25, 0.3) is 0 Å². The van der Waals surface area contributed by atoms with E-state index in [0.29, 0.717) is 0 Å². The fourth-order valence-electron chi connectivity index (χ4n) is 0. The first-order valence-corrected chi connectivity index (χ1v) is 1.08. The van der Waals surface area contributed by atoms with E-state index in [4.69, 9.17) is 0 Å². The molecule has 5 heavy (non-hydrogen) atoms.